The van der Waals surface area contributed by atoms with Gasteiger partial charge in [0.1, 0.15) is 18.3 Å². The summed E-state index contributed by atoms with van der Waals surface area (Å²) in [6.07, 6.45) is 3.04. The summed E-state index contributed by atoms with van der Waals surface area (Å²) in [6, 6.07) is 21.0. The smallest absolute Gasteiger partial charge is 0.304 e. The lowest BCUT2D eigenvalue weighted by Crippen LogP contribution is -2.48. The summed E-state index contributed by atoms with van der Waals surface area (Å²) in [7, 11) is 0. The minimum Gasteiger partial charge on any atom is -0.367 e. The first-order valence-electron chi connectivity index (χ1n) is 7.57. The van der Waals surface area contributed by atoms with Crippen LogP contribution in [-0.2, 0) is 17.8 Å². The summed E-state index contributed by atoms with van der Waals surface area (Å²) in [6.45, 7) is 1.30. The summed E-state index contributed by atoms with van der Waals surface area (Å²) in [5.41, 5.74) is 2.40. The predicted molar refractivity (Wildman–Crippen MR) is 82.6 cm³/mol. The molecule has 0 radical (unpaired) electrons. The SMILES string of the molecule is c1ccc(C[C@H]2COCc3nn(-c4ccccc4)c[n+]32)cc1. The van der Waals surface area contributed by atoms with E-state index >= 15 is 0 Å². The molecule has 0 unspecified atom stereocenters. The third kappa shape index (κ3) is 2.53. The number of nitrogens with zero attached hydrogens (tertiary/aromatic N) is 3. The molecule has 1 aliphatic rings. The quantitative estimate of drug-likeness (QED) is 0.694. The first-order valence-corrected chi connectivity index (χ1v) is 7.57. The minimum absolute atomic E-state index is 0.295. The normalized spacial score (nSPS) is 17.2. The molecule has 0 saturated carbocycles. The lowest BCUT2D eigenvalue weighted by molar-refractivity contribution is -0.742. The van der Waals surface area contributed by atoms with E-state index in [-0.39, 0.29) is 0 Å². The molecule has 4 heteroatoms. The van der Waals surface area contributed by atoms with Crippen LogP contribution in [0, 0.1) is 0 Å². The molecule has 0 N–H and O–H groups in total. The maximum Gasteiger partial charge on any atom is 0.304 e. The highest BCUT2D eigenvalue weighted by molar-refractivity contribution is 5.28. The number of aromatic nitrogens is 3. The lowest BCUT2D eigenvalue weighted by atomic mass is 10.1. The molecule has 1 aliphatic heterocycles. The molecule has 4 rings (SSSR count). The third-order valence-electron chi connectivity index (χ3n) is 4.02. The van der Waals surface area contributed by atoms with E-state index in [0.717, 1.165) is 24.5 Å². The molecule has 2 heterocycles. The van der Waals surface area contributed by atoms with Gasteiger partial charge in [-0.15, -0.1) is 0 Å². The van der Waals surface area contributed by atoms with Crippen LogP contribution in [-0.4, -0.2) is 16.4 Å². The summed E-state index contributed by atoms with van der Waals surface area (Å²) in [4.78, 5) is 0. The topological polar surface area (TPSA) is 30.9 Å². The van der Waals surface area contributed by atoms with Gasteiger partial charge in [-0.3, -0.25) is 0 Å². The molecule has 1 aromatic heterocycles. The highest BCUT2D eigenvalue weighted by atomic mass is 16.5. The van der Waals surface area contributed by atoms with Crippen LogP contribution in [0.5, 0.6) is 0 Å². The van der Waals surface area contributed by atoms with E-state index in [4.69, 9.17) is 4.74 Å². The number of fused-ring (bicyclic) bond motifs is 1. The van der Waals surface area contributed by atoms with Gasteiger partial charge >= 0.3 is 5.82 Å². The number of benzene rings is 2. The Morgan fingerprint density at radius 2 is 1.77 bits per heavy atom. The van der Waals surface area contributed by atoms with E-state index in [9.17, 15) is 0 Å². The zero-order valence-electron chi connectivity index (χ0n) is 12.3. The Labute approximate surface area is 129 Å². The zero-order valence-corrected chi connectivity index (χ0v) is 12.3. The van der Waals surface area contributed by atoms with Crippen molar-refractivity contribution >= 4 is 0 Å². The molecule has 0 saturated heterocycles. The monoisotopic (exact) mass is 292 g/mol. The second kappa shape index (κ2) is 5.73. The van der Waals surface area contributed by atoms with Gasteiger partial charge in [0, 0.05) is 11.5 Å². The molecule has 1 atom stereocenters. The van der Waals surface area contributed by atoms with Gasteiger partial charge in [0.05, 0.1) is 6.61 Å². The van der Waals surface area contributed by atoms with Crippen molar-refractivity contribution in [3.8, 4) is 5.69 Å². The highest BCUT2D eigenvalue weighted by Crippen LogP contribution is 2.15. The van der Waals surface area contributed by atoms with Crippen molar-refractivity contribution in [1.29, 1.82) is 0 Å². The summed E-state index contributed by atoms with van der Waals surface area (Å²) < 4.78 is 9.92. The lowest BCUT2D eigenvalue weighted by Gasteiger charge is -2.19. The molecule has 4 nitrogen and oxygen atoms in total. The van der Waals surface area contributed by atoms with Crippen molar-refractivity contribution in [2.75, 3.05) is 6.61 Å². The summed E-state index contributed by atoms with van der Waals surface area (Å²) >= 11 is 0. The fourth-order valence-electron chi connectivity index (χ4n) is 2.91. The van der Waals surface area contributed by atoms with Gasteiger partial charge in [0.15, 0.2) is 0 Å². The van der Waals surface area contributed by atoms with E-state index in [1.807, 2.05) is 28.9 Å². The number of ether oxygens (including phenoxy) is 1. The first-order chi connectivity index (χ1) is 10.9. The van der Waals surface area contributed by atoms with Crippen LogP contribution in [0.25, 0.3) is 5.69 Å². The van der Waals surface area contributed by atoms with E-state index in [0.29, 0.717) is 12.6 Å². The highest BCUT2D eigenvalue weighted by Gasteiger charge is 2.29. The zero-order chi connectivity index (χ0) is 14.8. The van der Waals surface area contributed by atoms with Crippen LogP contribution in [0.15, 0.2) is 67.0 Å². The number of para-hydroxylation sites is 1. The largest absolute Gasteiger partial charge is 0.367 e. The molecule has 0 spiro atoms. The van der Waals surface area contributed by atoms with Crippen molar-refractivity contribution in [2.24, 2.45) is 0 Å². The molecule has 22 heavy (non-hydrogen) atoms. The van der Waals surface area contributed by atoms with Gasteiger partial charge in [-0.25, -0.2) is 4.57 Å². The van der Waals surface area contributed by atoms with Crippen LogP contribution in [0.3, 0.4) is 0 Å². The van der Waals surface area contributed by atoms with Gasteiger partial charge in [-0.1, -0.05) is 53.2 Å². The standard InChI is InChI=1S/C18H18N3O/c1-3-7-15(8-4-1)11-17-12-22-13-18-19-21(14-20(17)18)16-9-5-2-6-10-16/h1-10,14,17H,11-13H2/q+1/t17-/m0/s1. The second-order valence-corrected chi connectivity index (χ2v) is 5.58. The molecule has 3 aromatic rings. The van der Waals surface area contributed by atoms with Gasteiger partial charge in [0.25, 0.3) is 0 Å². The Morgan fingerprint density at radius 1 is 1.05 bits per heavy atom. The Bertz CT molecular complexity index is 753. The van der Waals surface area contributed by atoms with Crippen molar-refractivity contribution in [1.82, 2.24) is 9.78 Å². The Hall–Kier alpha value is -2.46. The second-order valence-electron chi connectivity index (χ2n) is 5.58. The maximum atomic E-state index is 5.73. The van der Waals surface area contributed by atoms with Crippen LogP contribution < -0.4 is 4.57 Å². The van der Waals surface area contributed by atoms with Crippen LogP contribution in [0.4, 0.5) is 0 Å². The van der Waals surface area contributed by atoms with Crippen LogP contribution in [0.1, 0.15) is 17.4 Å². The van der Waals surface area contributed by atoms with Gasteiger partial charge < -0.3 is 4.74 Å². The molecule has 0 aliphatic carbocycles. The van der Waals surface area contributed by atoms with E-state index in [1.54, 1.807) is 0 Å². The first kappa shape index (κ1) is 13.2. The predicted octanol–water partition coefficient (Wildman–Crippen LogP) is 2.47. The van der Waals surface area contributed by atoms with Gasteiger partial charge in [-0.05, 0) is 17.7 Å². The number of rotatable bonds is 3. The molecular weight excluding hydrogens is 274 g/mol. The third-order valence-corrected chi connectivity index (χ3v) is 4.02. The molecule has 2 aromatic carbocycles. The molecule has 110 valence electrons. The summed E-state index contributed by atoms with van der Waals surface area (Å²) in [5, 5.41) is 4.67. The molecule has 0 bridgehead atoms. The van der Waals surface area contributed by atoms with Crippen LogP contribution >= 0.6 is 0 Å². The van der Waals surface area contributed by atoms with Crippen molar-refractivity contribution in [3.63, 3.8) is 0 Å². The maximum absolute atomic E-state index is 5.73. The van der Waals surface area contributed by atoms with Gasteiger partial charge in [0.2, 0.25) is 6.33 Å². The molecule has 0 fully saturated rings. The minimum atomic E-state index is 0.295. The fourth-order valence-corrected chi connectivity index (χ4v) is 2.91. The number of hydrogen-bond acceptors (Lipinski definition) is 2. The van der Waals surface area contributed by atoms with Gasteiger partial charge in [-0.2, -0.15) is 0 Å². The van der Waals surface area contributed by atoms with Crippen molar-refractivity contribution < 1.29 is 9.30 Å². The Morgan fingerprint density at radius 3 is 2.55 bits per heavy atom. The number of hydrogen-bond donors (Lipinski definition) is 0. The Kier molecular flexibility index (Phi) is 3.45. The molecular formula is C18H18N3O+. The van der Waals surface area contributed by atoms with E-state index in [1.165, 1.54) is 5.56 Å². The average Bonchev–Trinajstić information content (AvgIpc) is 3.02. The molecule has 0 amide bonds. The van der Waals surface area contributed by atoms with E-state index < -0.39 is 0 Å². The summed E-state index contributed by atoms with van der Waals surface area (Å²) in [5.74, 6) is 0.982. The average molecular weight is 292 g/mol. The fraction of sp³-hybridized carbons (Fsp3) is 0.222. The van der Waals surface area contributed by atoms with Crippen LogP contribution in [0.2, 0.25) is 0 Å². The Balaban J connectivity index is 1.65. The van der Waals surface area contributed by atoms with E-state index in [2.05, 4.69) is 52.4 Å². The van der Waals surface area contributed by atoms with Crippen molar-refractivity contribution in [3.05, 3.63) is 78.4 Å². The van der Waals surface area contributed by atoms with Crippen molar-refractivity contribution in [2.45, 2.75) is 19.1 Å².